The molecule has 0 bridgehead atoms. The van der Waals surface area contributed by atoms with Crippen molar-refractivity contribution in [2.75, 3.05) is 16.3 Å². The second kappa shape index (κ2) is 8.09. The van der Waals surface area contributed by atoms with Gasteiger partial charge >= 0.3 is 6.09 Å². The second-order valence-corrected chi connectivity index (χ2v) is 9.78. The van der Waals surface area contributed by atoms with E-state index in [2.05, 4.69) is 5.10 Å². The van der Waals surface area contributed by atoms with Crippen LogP contribution >= 0.6 is 0 Å². The Hall–Kier alpha value is -3.01. The Kier molecular flexibility index (Phi) is 5.68. The van der Waals surface area contributed by atoms with Gasteiger partial charge in [-0.2, -0.15) is 5.10 Å². The second-order valence-electron chi connectivity index (χ2n) is 9.78. The van der Waals surface area contributed by atoms with Gasteiger partial charge in [0.2, 0.25) is 11.8 Å². The number of aromatic nitrogens is 2. The average molecular weight is 462 g/mol. The van der Waals surface area contributed by atoms with Gasteiger partial charge in [-0.25, -0.2) is 13.6 Å². The number of aliphatic hydroxyl groups is 1. The third-order valence-corrected chi connectivity index (χ3v) is 6.07. The van der Waals surface area contributed by atoms with Gasteiger partial charge in [0.1, 0.15) is 0 Å². The predicted molar refractivity (Wildman–Crippen MR) is 119 cm³/mol. The molecule has 1 atom stereocenters. The summed E-state index contributed by atoms with van der Waals surface area (Å²) < 4.78 is 28.0. The highest BCUT2D eigenvalue weighted by Gasteiger charge is 2.47. The van der Waals surface area contributed by atoms with E-state index >= 15 is 0 Å². The summed E-state index contributed by atoms with van der Waals surface area (Å²) in [5, 5.41) is 24.0. The van der Waals surface area contributed by atoms with Gasteiger partial charge in [0.25, 0.3) is 0 Å². The maximum absolute atomic E-state index is 13.2. The highest BCUT2D eigenvalue weighted by atomic mass is 19.3. The SMILES string of the molecule is C[C@H]1CN(C(=O)O)c2cc(-c3cnn(CC(C)(C)O)c3)ccc2N1C(=O)CC1CC(F)(F)C1. The Labute approximate surface area is 190 Å². The summed E-state index contributed by atoms with van der Waals surface area (Å²) in [5.41, 5.74) is 1.31. The van der Waals surface area contributed by atoms with Crippen molar-refractivity contribution in [3.63, 3.8) is 0 Å². The quantitative estimate of drug-likeness (QED) is 0.701. The molecule has 2 amide bonds. The number of nitrogens with zero attached hydrogens (tertiary/aromatic N) is 4. The van der Waals surface area contributed by atoms with Crippen LogP contribution in [0.4, 0.5) is 25.0 Å². The molecule has 1 fully saturated rings. The number of carbonyl (C=O) groups excluding carboxylic acids is 1. The first-order valence-electron chi connectivity index (χ1n) is 10.9. The number of hydrogen-bond donors (Lipinski definition) is 2. The minimum absolute atomic E-state index is 0.0118. The van der Waals surface area contributed by atoms with Crippen LogP contribution in [-0.4, -0.2) is 56.1 Å². The molecule has 2 aliphatic rings. The molecule has 0 radical (unpaired) electrons. The highest BCUT2D eigenvalue weighted by molar-refractivity contribution is 6.03. The molecule has 4 rings (SSSR count). The standard InChI is InChI=1S/C23H28F2N4O4/c1-14-11-28(21(31)32)19-7-16(17-10-26-27(12-17)13-22(2,3)33)4-5-18(19)29(14)20(30)6-15-8-23(24,25)9-15/h4-5,7,10,12,14-15,33H,6,8-9,11,13H2,1-3H3,(H,31,32)/t14-/m0/s1. The van der Waals surface area contributed by atoms with Gasteiger partial charge in [-0.05, 0) is 44.4 Å². The summed E-state index contributed by atoms with van der Waals surface area (Å²) >= 11 is 0. The van der Waals surface area contributed by atoms with Gasteiger partial charge < -0.3 is 15.1 Å². The number of rotatable bonds is 5. The molecule has 1 saturated carbocycles. The van der Waals surface area contributed by atoms with Crippen LogP contribution in [0.3, 0.4) is 0 Å². The summed E-state index contributed by atoms with van der Waals surface area (Å²) in [4.78, 5) is 27.7. The molecule has 1 aliphatic carbocycles. The first kappa shape index (κ1) is 23.2. The van der Waals surface area contributed by atoms with Crippen LogP contribution in [0.5, 0.6) is 0 Å². The van der Waals surface area contributed by atoms with Crippen molar-refractivity contribution in [3.05, 3.63) is 30.6 Å². The number of fused-ring (bicyclic) bond motifs is 1. The Bertz CT molecular complexity index is 1070. The van der Waals surface area contributed by atoms with Crippen LogP contribution in [0, 0.1) is 5.92 Å². The number of carboxylic acid groups (broad SMARTS) is 1. The summed E-state index contributed by atoms with van der Waals surface area (Å²) in [6, 6.07) is 4.73. The van der Waals surface area contributed by atoms with Crippen LogP contribution in [0.25, 0.3) is 11.1 Å². The molecule has 0 unspecified atom stereocenters. The Morgan fingerprint density at radius 2 is 1.91 bits per heavy atom. The van der Waals surface area contributed by atoms with Crippen molar-refractivity contribution in [1.82, 2.24) is 9.78 Å². The number of carbonyl (C=O) groups is 2. The highest BCUT2D eigenvalue weighted by Crippen LogP contribution is 2.45. The van der Waals surface area contributed by atoms with Gasteiger partial charge in [0.15, 0.2) is 0 Å². The number of benzene rings is 1. The number of halogens is 2. The van der Waals surface area contributed by atoms with Crippen molar-refractivity contribution in [2.24, 2.45) is 5.92 Å². The first-order valence-corrected chi connectivity index (χ1v) is 10.9. The zero-order chi connectivity index (χ0) is 24.1. The van der Waals surface area contributed by atoms with Crippen molar-refractivity contribution in [3.8, 4) is 11.1 Å². The molecule has 2 heterocycles. The normalized spacial score (nSPS) is 20.4. The Balaban J connectivity index is 1.64. The lowest BCUT2D eigenvalue weighted by molar-refractivity contribution is -0.132. The molecule has 2 N–H and O–H groups in total. The average Bonchev–Trinajstić information content (AvgIpc) is 3.11. The third-order valence-electron chi connectivity index (χ3n) is 6.07. The van der Waals surface area contributed by atoms with E-state index in [1.54, 1.807) is 56.0 Å². The molecular weight excluding hydrogens is 434 g/mol. The van der Waals surface area contributed by atoms with E-state index in [0.717, 1.165) is 5.56 Å². The van der Waals surface area contributed by atoms with E-state index in [9.17, 15) is 28.6 Å². The van der Waals surface area contributed by atoms with Gasteiger partial charge in [0.05, 0.1) is 35.8 Å². The molecule has 1 aromatic heterocycles. The van der Waals surface area contributed by atoms with E-state index in [-0.39, 0.29) is 37.6 Å². The van der Waals surface area contributed by atoms with Crippen molar-refractivity contribution >= 4 is 23.4 Å². The van der Waals surface area contributed by atoms with Gasteiger partial charge in [0, 0.05) is 37.6 Å². The zero-order valence-corrected chi connectivity index (χ0v) is 18.8. The minimum Gasteiger partial charge on any atom is -0.465 e. The van der Waals surface area contributed by atoms with E-state index in [1.165, 1.54) is 9.80 Å². The van der Waals surface area contributed by atoms with Crippen molar-refractivity contribution in [2.45, 2.75) is 64.1 Å². The molecule has 1 aromatic carbocycles. The first-order chi connectivity index (χ1) is 15.3. The van der Waals surface area contributed by atoms with Crippen LogP contribution in [-0.2, 0) is 11.3 Å². The van der Waals surface area contributed by atoms with Gasteiger partial charge in [-0.1, -0.05) is 6.07 Å². The summed E-state index contributed by atoms with van der Waals surface area (Å²) in [7, 11) is 0. The van der Waals surface area contributed by atoms with Crippen LogP contribution < -0.4 is 9.80 Å². The fourth-order valence-electron chi connectivity index (χ4n) is 4.64. The molecule has 2 aromatic rings. The lowest BCUT2D eigenvalue weighted by Gasteiger charge is -2.42. The van der Waals surface area contributed by atoms with Crippen LogP contribution in [0.2, 0.25) is 0 Å². The molecular formula is C23H28F2N4O4. The maximum Gasteiger partial charge on any atom is 0.411 e. The van der Waals surface area contributed by atoms with E-state index in [0.29, 0.717) is 23.5 Å². The van der Waals surface area contributed by atoms with E-state index < -0.39 is 23.7 Å². The van der Waals surface area contributed by atoms with Crippen molar-refractivity contribution in [1.29, 1.82) is 0 Å². The summed E-state index contributed by atoms with van der Waals surface area (Å²) in [6.07, 6.45) is 1.69. The number of amides is 2. The van der Waals surface area contributed by atoms with Crippen LogP contribution in [0.1, 0.15) is 40.0 Å². The maximum atomic E-state index is 13.2. The lowest BCUT2D eigenvalue weighted by Crippen LogP contribution is -2.52. The topological polar surface area (TPSA) is 98.9 Å². The molecule has 8 nitrogen and oxygen atoms in total. The Morgan fingerprint density at radius 1 is 1.21 bits per heavy atom. The summed E-state index contributed by atoms with van der Waals surface area (Å²) in [6.45, 7) is 5.47. The fourth-order valence-corrected chi connectivity index (χ4v) is 4.64. The number of anilines is 2. The molecule has 1 aliphatic heterocycles. The third kappa shape index (κ3) is 4.85. The molecule has 0 spiro atoms. The summed E-state index contributed by atoms with van der Waals surface area (Å²) in [5.74, 6) is -3.33. The molecule has 0 saturated heterocycles. The molecule has 178 valence electrons. The molecule has 10 heteroatoms. The van der Waals surface area contributed by atoms with Gasteiger partial charge in [-0.15, -0.1) is 0 Å². The lowest BCUT2D eigenvalue weighted by atomic mass is 9.79. The number of alkyl halides is 2. The largest absolute Gasteiger partial charge is 0.465 e. The Morgan fingerprint density at radius 3 is 2.52 bits per heavy atom. The van der Waals surface area contributed by atoms with E-state index in [4.69, 9.17) is 0 Å². The van der Waals surface area contributed by atoms with Gasteiger partial charge in [-0.3, -0.25) is 14.4 Å². The minimum atomic E-state index is -2.69. The number of hydrogen-bond acceptors (Lipinski definition) is 4. The zero-order valence-electron chi connectivity index (χ0n) is 18.8. The van der Waals surface area contributed by atoms with Crippen LogP contribution in [0.15, 0.2) is 30.6 Å². The molecule has 33 heavy (non-hydrogen) atoms. The smallest absolute Gasteiger partial charge is 0.411 e. The fraction of sp³-hybridized carbons (Fsp3) is 0.522. The van der Waals surface area contributed by atoms with Crippen molar-refractivity contribution < 1.29 is 28.6 Å². The monoisotopic (exact) mass is 462 g/mol. The van der Waals surface area contributed by atoms with E-state index in [1.807, 2.05) is 0 Å². The predicted octanol–water partition coefficient (Wildman–Crippen LogP) is 3.98.